The summed E-state index contributed by atoms with van der Waals surface area (Å²) in [6.07, 6.45) is 1.31. The van der Waals surface area contributed by atoms with Gasteiger partial charge in [-0.25, -0.2) is 4.98 Å². The van der Waals surface area contributed by atoms with E-state index in [2.05, 4.69) is 15.3 Å². The molecule has 0 unspecified atom stereocenters. The van der Waals surface area contributed by atoms with E-state index in [0.29, 0.717) is 25.6 Å². The number of hydrogen-bond donors (Lipinski definition) is 2. The Morgan fingerprint density at radius 1 is 1.53 bits per heavy atom. The second-order valence-corrected chi connectivity index (χ2v) is 4.11. The van der Waals surface area contributed by atoms with Crippen LogP contribution in [0, 0.1) is 0 Å². The van der Waals surface area contributed by atoms with Crippen LogP contribution in [0.2, 0.25) is 5.02 Å². The highest BCUT2D eigenvalue weighted by Gasteiger charge is 2.04. The average Bonchev–Trinajstić information content (AvgIpc) is 2.28. The number of aromatic nitrogens is 2. The van der Waals surface area contributed by atoms with Crippen molar-refractivity contribution in [1.29, 1.82) is 0 Å². The molecule has 0 spiro atoms. The third-order valence-electron chi connectivity index (χ3n) is 2.02. The second kappa shape index (κ2) is 7.26. The molecule has 0 aliphatic rings. The van der Waals surface area contributed by atoms with Crippen molar-refractivity contribution >= 4 is 17.4 Å². The maximum Gasteiger partial charge on any atom is 0.271 e. The number of aromatic amines is 1. The lowest BCUT2D eigenvalue weighted by Crippen LogP contribution is -2.20. The standard InChI is InChI=1S/C10H17ClN4O2/c1-15(2)4-6-17-5-3-12-9-8(11)10(16)14-7-13-9/h7H,3-6H2,1-2H3,(H2,12,13,14,16). The van der Waals surface area contributed by atoms with Crippen molar-refractivity contribution in [2.24, 2.45) is 0 Å². The molecule has 17 heavy (non-hydrogen) atoms. The predicted molar refractivity (Wildman–Crippen MR) is 67.7 cm³/mol. The molecule has 0 aliphatic carbocycles. The summed E-state index contributed by atoms with van der Waals surface area (Å²) < 4.78 is 5.38. The molecule has 96 valence electrons. The summed E-state index contributed by atoms with van der Waals surface area (Å²) in [6, 6.07) is 0. The van der Waals surface area contributed by atoms with Crippen LogP contribution in [0.4, 0.5) is 5.82 Å². The van der Waals surface area contributed by atoms with Gasteiger partial charge in [0.25, 0.3) is 5.56 Å². The van der Waals surface area contributed by atoms with Crippen molar-refractivity contribution in [1.82, 2.24) is 14.9 Å². The Morgan fingerprint density at radius 3 is 3.00 bits per heavy atom. The summed E-state index contributed by atoms with van der Waals surface area (Å²) in [4.78, 5) is 19.5. The number of hydrogen-bond acceptors (Lipinski definition) is 5. The van der Waals surface area contributed by atoms with Gasteiger partial charge in [-0.15, -0.1) is 0 Å². The van der Waals surface area contributed by atoms with E-state index in [1.165, 1.54) is 6.33 Å². The monoisotopic (exact) mass is 260 g/mol. The molecule has 0 bridgehead atoms. The summed E-state index contributed by atoms with van der Waals surface area (Å²) in [6.45, 7) is 2.65. The van der Waals surface area contributed by atoms with Crippen LogP contribution in [-0.4, -0.2) is 55.3 Å². The van der Waals surface area contributed by atoms with Crippen LogP contribution in [0.5, 0.6) is 0 Å². The lowest BCUT2D eigenvalue weighted by molar-refractivity contribution is 0.126. The van der Waals surface area contributed by atoms with E-state index in [0.717, 1.165) is 6.54 Å². The molecule has 1 aromatic rings. The molecule has 0 saturated carbocycles. The van der Waals surface area contributed by atoms with Gasteiger partial charge < -0.3 is 19.9 Å². The molecule has 1 heterocycles. The third kappa shape index (κ3) is 5.16. The molecule has 1 aromatic heterocycles. The summed E-state index contributed by atoms with van der Waals surface area (Å²) >= 11 is 5.76. The van der Waals surface area contributed by atoms with E-state index in [-0.39, 0.29) is 10.6 Å². The fourth-order valence-electron chi connectivity index (χ4n) is 1.10. The molecule has 1 rings (SSSR count). The molecule has 7 heteroatoms. The normalized spacial score (nSPS) is 10.8. The average molecular weight is 261 g/mol. The van der Waals surface area contributed by atoms with Crippen molar-refractivity contribution < 1.29 is 4.74 Å². The van der Waals surface area contributed by atoms with Crippen LogP contribution in [0.3, 0.4) is 0 Å². The first-order valence-corrected chi connectivity index (χ1v) is 5.68. The van der Waals surface area contributed by atoms with Gasteiger partial charge in [0.15, 0.2) is 5.82 Å². The van der Waals surface area contributed by atoms with Crippen molar-refractivity contribution in [3.8, 4) is 0 Å². The predicted octanol–water partition coefficient (Wildman–Crippen LogP) is 0.413. The van der Waals surface area contributed by atoms with Gasteiger partial charge in [0.2, 0.25) is 0 Å². The van der Waals surface area contributed by atoms with E-state index in [1.807, 2.05) is 19.0 Å². The zero-order chi connectivity index (χ0) is 12.7. The van der Waals surface area contributed by atoms with Crippen LogP contribution in [0.1, 0.15) is 0 Å². The number of nitrogens with zero attached hydrogens (tertiary/aromatic N) is 2. The third-order valence-corrected chi connectivity index (χ3v) is 2.37. The summed E-state index contributed by atoms with van der Waals surface area (Å²) in [5.74, 6) is 0.381. The van der Waals surface area contributed by atoms with Crippen LogP contribution in [-0.2, 0) is 4.74 Å². The van der Waals surface area contributed by atoms with Gasteiger partial charge >= 0.3 is 0 Å². The lowest BCUT2D eigenvalue weighted by atomic mass is 10.5. The van der Waals surface area contributed by atoms with Crippen molar-refractivity contribution in [2.75, 3.05) is 45.7 Å². The Labute approximate surface area is 105 Å². The van der Waals surface area contributed by atoms with E-state index in [4.69, 9.17) is 16.3 Å². The number of rotatable bonds is 7. The zero-order valence-corrected chi connectivity index (χ0v) is 10.8. The Bertz CT molecular complexity index is 394. The largest absolute Gasteiger partial charge is 0.378 e. The van der Waals surface area contributed by atoms with Gasteiger partial charge in [-0.2, -0.15) is 0 Å². The number of likely N-dealkylation sites (N-methyl/N-ethyl adjacent to an activating group) is 1. The van der Waals surface area contributed by atoms with E-state index in [9.17, 15) is 4.79 Å². The molecule has 0 aromatic carbocycles. The Kier molecular flexibility index (Phi) is 5.96. The fraction of sp³-hybridized carbons (Fsp3) is 0.600. The maximum atomic E-state index is 11.1. The van der Waals surface area contributed by atoms with Gasteiger partial charge in [0.1, 0.15) is 5.02 Å². The van der Waals surface area contributed by atoms with Gasteiger partial charge in [-0.05, 0) is 14.1 Å². The summed E-state index contributed by atoms with van der Waals surface area (Å²) in [5.41, 5.74) is -0.349. The van der Waals surface area contributed by atoms with E-state index >= 15 is 0 Å². The van der Waals surface area contributed by atoms with Crippen LogP contribution in [0.25, 0.3) is 0 Å². The minimum absolute atomic E-state index is 0.0702. The SMILES string of the molecule is CN(C)CCOCCNc1nc[nH]c(=O)c1Cl. The van der Waals surface area contributed by atoms with Crippen molar-refractivity contribution in [2.45, 2.75) is 0 Å². The highest BCUT2D eigenvalue weighted by molar-refractivity contribution is 6.32. The van der Waals surface area contributed by atoms with Crippen molar-refractivity contribution in [3.63, 3.8) is 0 Å². The minimum Gasteiger partial charge on any atom is -0.378 e. The molecule has 6 nitrogen and oxygen atoms in total. The molecule has 0 aliphatic heterocycles. The van der Waals surface area contributed by atoms with Gasteiger partial charge in [-0.3, -0.25) is 4.79 Å². The highest BCUT2D eigenvalue weighted by Crippen LogP contribution is 2.10. The zero-order valence-electron chi connectivity index (χ0n) is 9.99. The molecular formula is C10H17ClN4O2. The van der Waals surface area contributed by atoms with Crippen LogP contribution < -0.4 is 10.9 Å². The molecular weight excluding hydrogens is 244 g/mol. The molecule has 0 saturated heterocycles. The number of H-pyrrole nitrogens is 1. The van der Waals surface area contributed by atoms with Crippen LogP contribution >= 0.6 is 11.6 Å². The Balaban J connectivity index is 2.23. The van der Waals surface area contributed by atoms with Crippen LogP contribution in [0.15, 0.2) is 11.1 Å². The topological polar surface area (TPSA) is 70.2 Å². The maximum absolute atomic E-state index is 11.1. The first-order valence-electron chi connectivity index (χ1n) is 5.31. The molecule has 0 atom stereocenters. The van der Waals surface area contributed by atoms with Crippen molar-refractivity contribution in [3.05, 3.63) is 21.7 Å². The molecule has 0 radical (unpaired) electrons. The van der Waals surface area contributed by atoms with Gasteiger partial charge in [-0.1, -0.05) is 11.6 Å². The first-order chi connectivity index (χ1) is 8.11. The highest BCUT2D eigenvalue weighted by atomic mass is 35.5. The Morgan fingerprint density at radius 2 is 2.29 bits per heavy atom. The minimum atomic E-state index is -0.349. The number of ether oxygens (including phenoxy) is 1. The number of anilines is 1. The smallest absolute Gasteiger partial charge is 0.271 e. The van der Waals surface area contributed by atoms with Gasteiger partial charge in [0.05, 0.1) is 19.5 Å². The summed E-state index contributed by atoms with van der Waals surface area (Å²) in [7, 11) is 3.98. The number of halogens is 1. The first kappa shape index (κ1) is 14.0. The second-order valence-electron chi connectivity index (χ2n) is 3.74. The quantitative estimate of drug-likeness (QED) is 0.695. The van der Waals surface area contributed by atoms with E-state index < -0.39 is 0 Å². The fourth-order valence-corrected chi connectivity index (χ4v) is 1.27. The molecule has 0 amide bonds. The summed E-state index contributed by atoms with van der Waals surface area (Å²) in [5, 5.41) is 3.01. The lowest BCUT2D eigenvalue weighted by Gasteiger charge is -2.10. The number of nitrogens with one attached hydrogen (secondary N) is 2. The Hall–Kier alpha value is -1.11. The van der Waals surface area contributed by atoms with E-state index in [1.54, 1.807) is 0 Å². The van der Waals surface area contributed by atoms with Gasteiger partial charge in [0, 0.05) is 13.1 Å². The molecule has 0 fully saturated rings. The molecule has 2 N–H and O–H groups in total.